The molecule has 0 aliphatic carbocycles. The first-order valence-electron chi connectivity index (χ1n) is 10.2. The zero-order chi connectivity index (χ0) is 21.1. The van der Waals surface area contributed by atoms with E-state index in [9.17, 15) is 8.42 Å². The maximum Gasteiger partial charge on any atom is 0.243 e. The monoisotopic (exact) mass is 416 g/mol. The van der Waals surface area contributed by atoms with Crippen molar-refractivity contribution < 1.29 is 8.42 Å². The Morgan fingerprint density at radius 3 is 2.52 bits per heavy atom. The van der Waals surface area contributed by atoms with E-state index in [-0.39, 0.29) is 11.3 Å². The zero-order valence-electron chi connectivity index (χ0n) is 17.8. The lowest BCUT2D eigenvalue weighted by molar-refractivity contribution is 0.313. The van der Waals surface area contributed by atoms with Crippen LogP contribution in [0.25, 0.3) is 0 Å². The van der Waals surface area contributed by atoms with Crippen LogP contribution < -0.4 is 10.6 Å². The van der Waals surface area contributed by atoms with Crippen LogP contribution in [0.4, 0.5) is 11.5 Å². The number of hydrogen-bond acceptors (Lipinski definition) is 5. The Balaban J connectivity index is 1.78. The molecular weight excluding hydrogens is 384 g/mol. The van der Waals surface area contributed by atoms with Crippen LogP contribution in [0.15, 0.2) is 47.4 Å². The molecule has 29 heavy (non-hydrogen) atoms. The number of anilines is 2. The van der Waals surface area contributed by atoms with Crippen molar-refractivity contribution in [3.05, 3.63) is 48.2 Å². The van der Waals surface area contributed by atoms with Crippen molar-refractivity contribution in [1.29, 1.82) is 0 Å². The number of pyridine rings is 1. The predicted octanol–water partition coefficient (Wildman–Crippen LogP) is 4.15. The van der Waals surface area contributed by atoms with Crippen molar-refractivity contribution in [3.63, 3.8) is 0 Å². The van der Waals surface area contributed by atoms with E-state index in [4.69, 9.17) is 4.98 Å². The molecule has 3 rings (SSSR count). The predicted molar refractivity (Wildman–Crippen MR) is 119 cm³/mol. The van der Waals surface area contributed by atoms with Crippen LogP contribution in [0.3, 0.4) is 0 Å². The molecule has 1 aromatic heterocycles. The van der Waals surface area contributed by atoms with Gasteiger partial charge in [-0.1, -0.05) is 39.0 Å². The first-order valence-corrected chi connectivity index (χ1v) is 11.6. The van der Waals surface area contributed by atoms with Crippen molar-refractivity contribution in [2.45, 2.75) is 44.4 Å². The SMILES string of the molecule is CNc1nc(C2CCCN(S(=O)(=O)c3ccccc3)C2)ccc1NCC(C)(C)C. The third-order valence-electron chi connectivity index (χ3n) is 5.15. The summed E-state index contributed by atoms with van der Waals surface area (Å²) in [7, 11) is -1.61. The standard InChI is InChI=1S/C22H32N4O2S/c1-22(2,3)16-24-20-13-12-19(25-21(20)23-4)17-9-8-14-26(15-17)29(27,28)18-10-6-5-7-11-18/h5-7,10-13,17,24H,8-9,14-16H2,1-4H3,(H,23,25). The maximum absolute atomic E-state index is 13.0. The molecule has 158 valence electrons. The number of sulfonamides is 1. The van der Waals surface area contributed by atoms with Gasteiger partial charge in [-0.05, 0) is 42.5 Å². The smallest absolute Gasteiger partial charge is 0.243 e. The molecule has 6 nitrogen and oxygen atoms in total. The van der Waals surface area contributed by atoms with E-state index in [1.165, 1.54) is 0 Å². The maximum atomic E-state index is 13.0. The van der Waals surface area contributed by atoms with Crippen LogP contribution in [-0.2, 0) is 10.0 Å². The minimum absolute atomic E-state index is 0.0889. The molecule has 1 aromatic carbocycles. The molecule has 0 bridgehead atoms. The molecule has 1 fully saturated rings. The fraction of sp³-hybridized carbons (Fsp3) is 0.500. The Bertz CT molecular complexity index is 924. The second-order valence-corrected chi connectivity index (χ2v) is 10.7. The van der Waals surface area contributed by atoms with Gasteiger partial charge >= 0.3 is 0 Å². The lowest BCUT2D eigenvalue weighted by Crippen LogP contribution is -2.39. The van der Waals surface area contributed by atoms with Crippen LogP contribution in [0.1, 0.15) is 45.2 Å². The molecule has 1 aliphatic rings. The highest BCUT2D eigenvalue weighted by Crippen LogP contribution is 2.32. The minimum Gasteiger partial charge on any atom is -0.382 e. The summed E-state index contributed by atoms with van der Waals surface area (Å²) >= 11 is 0. The summed E-state index contributed by atoms with van der Waals surface area (Å²) in [5.74, 6) is 0.890. The Hall–Kier alpha value is -2.12. The van der Waals surface area contributed by atoms with Crippen molar-refractivity contribution in [2.24, 2.45) is 5.41 Å². The number of piperidine rings is 1. The highest BCUT2D eigenvalue weighted by atomic mass is 32.2. The number of rotatable bonds is 6. The van der Waals surface area contributed by atoms with Crippen molar-refractivity contribution >= 4 is 21.5 Å². The molecule has 2 heterocycles. The van der Waals surface area contributed by atoms with E-state index in [0.29, 0.717) is 18.0 Å². The molecule has 1 atom stereocenters. The Morgan fingerprint density at radius 1 is 1.14 bits per heavy atom. The van der Waals surface area contributed by atoms with Gasteiger partial charge in [0.05, 0.1) is 10.6 Å². The molecule has 1 saturated heterocycles. The lowest BCUT2D eigenvalue weighted by atomic mass is 9.95. The fourth-order valence-corrected chi connectivity index (χ4v) is 5.08. The van der Waals surface area contributed by atoms with Crippen LogP contribution in [-0.4, -0.2) is 44.4 Å². The first kappa shape index (κ1) is 21.6. The molecule has 0 saturated carbocycles. The molecule has 2 N–H and O–H groups in total. The lowest BCUT2D eigenvalue weighted by Gasteiger charge is -2.32. The summed E-state index contributed by atoms with van der Waals surface area (Å²) in [6.07, 6.45) is 1.77. The Labute approximate surface area is 174 Å². The highest BCUT2D eigenvalue weighted by Gasteiger charge is 2.31. The van der Waals surface area contributed by atoms with E-state index < -0.39 is 10.0 Å². The fourth-order valence-electron chi connectivity index (χ4n) is 3.54. The number of benzene rings is 1. The highest BCUT2D eigenvalue weighted by molar-refractivity contribution is 7.89. The number of aromatic nitrogens is 1. The van der Waals surface area contributed by atoms with Crippen LogP contribution in [0.2, 0.25) is 0 Å². The third-order valence-corrected chi connectivity index (χ3v) is 7.03. The van der Waals surface area contributed by atoms with Crippen molar-refractivity contribution in [3.8, 4) is 0 Å². The average Bonchev–Trinajstić information content (AvgIpc) is 2.72. The first-order chi connectivity index (χ1) is 13.7. The van der Waals surface area contributed by atoms with Gasteiger partial charge in [0.25, 0.3) is 0 Å². The van der Waals surface area contributed by atoms with E-state index in [0.717, 1.165) is 36.6 Å². The topological polar surface area (TPSA) is 74.3 Å². The van der Waals surface area contributed by atoms with Crippen LogP contribution in [0.5, 0.6) is 0 Å². The molecule has 1 aliphatic heterocycles. The summed E-state index contributed by atoms with van der Waals surface area (Å²) in [6.45, 7) is 8.41. The van der Waals surface area contributed by atoms with Gasteiger partial charge in [-0.3, -0.25) is 0 Å². The van der Waals surface area contributed by atoms with Crippen molar-refractivity contribution in [2.75, 3.05) is 37.3 Å². The molecule has 0 amide bonds. The summed E-state index contributed by atoms with van der Waals surface area (Å²) in [6, 6.07) is 12.7. The second kappa shape index (κ2) is 8.71. The van der Waals surface area contributed by atoms with Gasteiger partial charge in [-0.25, -0.2) is 13.4 Å². The molecule has 7 heteroatoms. The van der Waals surface area contributed by atoms with Crippen molar-refractivity contribution in [1.82, 2.24) is 9.29 Å². The van der Waals surface area contributed by atoms with E-state index in [1.54, 1.807) is 28.6 Å². The number of nitrogens with one attached hydrogen (secondary N) is 2. The molecule has 2 aromatic rings. The molecule has 0 radical (unpaired) electrons. The quantitative estimate of drug-likeness (QED) is 0.740. The minimum atomic E-state index is -3.47. The zero-order valence-corrected chi connectivity index (χ0v) is 18.6. The van der Waals surface area contributed by atoms with Gasteiger partial charge in [-0.15, -0.1) is 0 Å². The Morgan fingerprint density at radius 2 is 1.86 bits per heavy atom. The molecule has 0 spiro atoms. The van der Waals surface area contributed by atoms with Gasteiger partial charge in [0.15, 0.2) is 0 Å². The van der Waals surface area contributed by atoms with E-state index in [1.807, 2.05) is 25.2 Å². The van der Waals surface area contributed by atoms with Gasteiger partial charge < -0.3 is 10.6 Å². The number of hydrogen-bond donors (Lipinski definition) is 2. The van der Waals surface area contributed by atoms with Crippen LogP contribution in [0, 0.1) is 5.41 Å². The van der Waals surface area contributed by atoms with Gasteiger partial charge in [-0.2, -0.15) is 4.31 Å². The van der Waals surface area contributed by atoms with Gasteiger partial charge in [0, 0.05) is 38.3 Å². The normalized spacial score (nSPS) is 18.4. The summed E-state index contributed by atoms with van der Waals surface area (Å²) in [5.41, 5.74) is 2.07. The van der Waals surface area contributed by atoms with Gasteiger partial charge in [0.1, 0.15) is 5.82 Å². The molecular formula is C22H32N4O2S. The number of nitrogens with zero attached hydrogens (tertiary/aromatic N) is 2. The summed E-state index contributed by atoms with van der Waals surface area (Å²) in [5, 5.41) is 6.63. The largest absolute Gasteiger partial charge is 0.382 e. The van der Waals surface area contributed by atoms with E-state index >= 15 is 0 Å². The summed E-state index contributed by atoms with van der Waals surface area (Å²) in [4.78, 5) is 5.16. The van der Waals surface area contributed by atoms with Crippen LogP contribution >= 0.6 is 0 Å². The van der Waals surface area contributed by atoms with E-state index in [2.05, 4.69) is 31.4 Å². The third kappa shape index (κ3) is 5.28. The Kier molecular flexibility index (Phi) is 6.49. The second-order valence-electron chi connectivity index (χ2n) is 8.81. The summed E-state index contributed by atoms with van der Waals surface area (Å²) < 4.78 is 27.6. The molecule has 1 unspecified atom stereocenters. The average molecular weight is 417 g/mol. The van der Waals surface area contributed by atoms with Gasteiger partial charge in [0.2, 0.25) is 10.0 Å².